The normalized spacial score (nSPS) is 10.7. The van der Waals surface area contributed by atoms with E-state index in [0.717, 1.165) is 12.1 Å². The van der Waals surface area contributed by atoms with Crippen molar-refractivity contribution >= 4 is 67.9 Å². The molecule has 1 amide bonds. The summed E-state index contributed by atoms with van der Waals surface area (Å²) >= 11 is 3.05. The van der Waals surface area contributed by atoms with Crippen LogP contribution in [0.4, 0.5) is 34.1 Å². The van der Waals surface area contributed by atoms with Crippen LogP contribution in [-0.2, 0) is 23.9 Å². The molecule has 41 heavy (non-hydrogen) atoms. The predicted octanol–water partition coefficient (Wildman–Crippen LogP) is 4.97. The zero-order valence-corrected chi connectivity index (χ0v) is 24.1. The molecule has 0 unspecified atom stereocenters. The highest BCUT2D eigenvalue weighted by atomic mass is 79.9. The molecule has 0 heterocycles. The Bertz CT molecular complexity index is 1350. The van der Waals surface area contributed by atoms with E-state index < -0.39 is 39.1 Å². The average Bonchev–Trinajstić information content (AvgIpc) is 2.87. The van der Waals surface area contributed by atoms with Gasteiger partial charge >= 0.3 is 11.9 Å². The summed E-state index contributed by atoms with van der Waals surface area (Å²) in [5.41, 5.74) is -0.712. The van der Waals surface area contributed by atoms with Gasteiger partial charge in [-0.3, -0.25) is 34.6 Å². The Morgan fingerprint density at radius 2 is 1.51 bits per heavy atom. The van der Waals surface area contributed by atoms with Crippen LogP contribution in [0.3, 0.4) is 0 Å². The number of nitrogens with zero attached hydrogens (tertiary/aromatic N) is 5. The van der Waals surface area contributed by atoms with Crippen LogP contribution in [0.15, 0.2) is 39.0 Å². The number of ether oxygens (including phenoxy) is 3. The van der Waals surface area contributed by atoms with Crippen LogP contribution in [0.1, 0.15) is 27.7 Å². The second kappa shape index (κ2) is 15.2. The first kappa shape index (κ1) is 32.5. The van der Waals surface area contributed by atoms with Crippen LogP contribution in [0.5, 0.6) is 5.75 Å². The molecule has 0 bridgehead atoms. The number of halogens is 1. The second-order valence-corrected chi connectivity index (χ2v) is 8.92. The number of benzene rings is 2. The topological polar surface area (TPSA) is 205 Å². The highest BCUT2D eigenvalue weighted by molar-refractivity contribution is 9.10. The van der Waals surface area contributed by atoms with Gasteiger partial charge in [-0.15, -0.1) is 10.2 Å². The first-order valence-electron chi connectivity index (χ1n) is 12.0. The molecule has 0 aliphatic heterocycles. The van der Waals surface area contributed by atoms with E-state index in [1.165, 1.54) is 32.9 Å². The molecule has 0 atom stereocenters. The number of amides is 1. The zero-order chi connectivity index (χ0) is 30.7. The fourth-order valence-electron chi connectivity index (χ4n) is 3.40. The van der Waals surface area contributed by atoms with Crippen molar-refractivity contribution in [2.75, 3.05) is 43.1 Å². The molecule has 0 aliphatic carbocycles. The lowest BCUT2D eigenvalue weighted by atomic mass is 10.2. The number of carbonyl (C=O) groups is 3. The SMILES string of the molecule is CCOc1cc(N=Nc2cc([N+](=O)[O-])cc([N+](=O)[O-])c2Br)c(NC(C)=O)cc1N(CCOC(C)=O)CCOC(C)=O. The fourth-order valence-corrected chi connectivity index (χ4v) is 3.85. The van der Waals surface area contributed by atoms with Crippen LogP contribution in [0.2, 0.25) is 0 Å². The lowest BCUT2D eigenvalue weighted by molar-refractivity contribution is -0.394. The summed E-state index contributed by atoms with van der Waals surface area (Å²) in [6, 6.07) is 4.75. The van der Waals surface area contributed by atoms with Crippen LogP contribution >= 0.6 is 15.9 Å². The van der Waals surface area contributed by atoms with Crippen molar-refractivity contribution in [3.63, 3.8) is 0 Å². The van der Waals surface area contributed by atoms with Gasteiger partial charge in [-0.05, 0) is 28.9 Å². The number of hydrogen-bond acceptors (Lipinski definition) is 13. The van der Waals surface area contributed by atoms with Crippen LogP contribution in [0.25, 0.3) is 0 Å². The van der Waals surface area contributed by atoms with Crippen molar-refractivity contribution < 1.29 is 38.4 Å². The monoisotopic (exact) mass is 638 g/mol. The third-order valence-corrected chi connectivity index (χ3v) is 5.87. The highest BCUT2D eigenvalue weighted by Gasteiger charge is 2.23. The Morgan fingerprint density at radius 1 is 0.927 bits per heavy atom. The number of carbonyl (C=O) groups excluding carboxylic acids is 3. The van der Waals surface area contributed by atoms with Crippen molar-refractivity contribution in [3.8, 4) is 5.75 Å². The number of azo groups is 1. The lowest BCUT2D eigenvalue weighted by Crippen LogP contribution is -2.32. The van der Waals surface area contributed by atoms with Gasteiger partial charge < -0.3 is 24.4 Å². The molecule has 0 aromatic heterocycles. The number of esters is 2. The molecule has 2 aromatic rings. The molecule has 16 nitrogen and oxygen atoms in total. The minimum atomic E-state index is -0.805. The Hall–Kier alpha value is -4.67. The first-order valence-corrected chi connectivity index (χ1v) is 12.8. The number of nitro groups is 2. The molecule has 1 N–H and O–H groups in total. The molecule has 2 aromatic carbocycles. The van der Waals surface area contributed by atoms with Gasteiger partial charge in [0, 0.05) is 32.9 Å². The number of nitro benzene ring substituents is 2. The molecular weight excluding hydrogens is 612 g/mol. The Labute approximate surface area is 242 Å². The van der Waals surface area contributed by atoms with Gasteiger partial charge in [-0.1, -0.05) is 0 Å². The van der Waals surface area contributed by atoms with Crippen molar-refractivity contribution in [1.29, 1.82) is 0 Å². The number of hydrogen-bond donors (Lipinski definition) is 1. The molecule has 0 spiro atoms. The first-order chi connectivity index (χ1) is 19.3. The molecule has 0 saturated heterocycles. The van der Waals surface area contributed by atoms with Gasteiger partial charge in [0.1, 0.15) is 34.8 Å². The quantitative estimate of drug-likeness (QED) is 0.126. The van der Waals surface area contributed by atoms with Crippen LogP contribution in [0, 0.1) is 20.2 Å². The second-order valence-electron chi connectivity index (χ2n) is 8.13. The van der Waals surface area contributed by atoms with E-state index in [9.17, 15) is 34.6 Å². The number of anilines is 2. The van der Waals surface area contributed by atoms with Gasteiger partial charge in [0.15, 0.2) is 0 Å². The van der Waals surface area contributed by atoms with E-state index in [0.29, 0.717) is 5.69 Å². The molecular formula is C24H27BrN6O10. The van der Waals surface area contributed by atoms with Crippen molar-refractivity contribution in [3.05, 3.63) is 49.0 Å². The van der Waals surface area contributed by atoms with E-state index in [1.807, 2.05) is 0 Å². The van der Waals surface area contributed by atoms with Gasteiger partial charge in [-0.25, -0.2) is 0 Å². The summed E-state index contributed by atoms with van der Waals surface area (Å²) in [5.74, 6) is -1.17. The van der Waals surface area contributed by atoms with E-state index in [-0.39, 0.29) is 60.2 Å². The summed E-state index contributed by atoms with van der Waals surface area (Å²) in [6.45, 7) is 6.07. The Kier molecular flexibility index (Phi) is 12.1. The van der Waals surface area contributed by atoms with Crippen LogP contribution in [-0.4, -0.2) is 60.6 Å². The van der Waals surface area contributed by atoms with E-state index >= 15 is 0 Å². The van der Waals surface area contributed by atoms with E-state index in [1.54, 1.807) is 11.8 Å². The number of non-ortho nitro benzene ring substituents is 1. The molecule has 0 saturated carbocycles. The van der Waals surface area contributed by atoms with Crippen LogP contribution < -0.4 is 15.0 Å². The summed E-state index contributed by atoms with van der Waals surface area (Å²) in [5, 5.41) is 33.4. The third kappa shape index (κ3) is 9.79. The lowest BCUT2D eigenvalue weighted by Gasteiger charge is -2.27. The molecule has 2 rings (SSSR count). The van der Waals surface area contributed by atoms with Crippen molar-refractivity contribution in [2.45, 2.75) is 27.7 Å². The van der Waals surface area contributed by atoms with Crippen molar-refractivity contribution in [2.24, 2.45) is 10.2 Å². The predicted molar refractivity (Wildman–Crippen MR) is 149 cm³/mol. The molecule has 0 aliphatic rings. The molecule has 17 heteroatoms. The maximum absolute atomic E-state index is 12.0. The molecule has 0 fully saturated rings. The summed E-state index contributed by atoms with van der Waals surface area (Å²) < 4.78 is 15.8. The van der Waals surface area contributed by atoms with Gasteiger partial charge in [0.05, 0.1) is 47.0 Å². The number of nitrogens with one attached hydrogen (secondary N) is 1. The summed E-state index contributed by atoms with van der Waals surface area (Å²) in [6.07, 6.45) is 0. The molecule has 0 radical (unpaired) electrons. The Morgan fingerprint density at radius 3 is 2.00 bits per heavy atom. The maximum Gasteiger partial charge on any atom is 0.302 e. The molecule has 220 valence electrons. The number of rotatable bonds is 14. The third-order valence-electron chi connectivity index (χ3n) is 5.05. The smallest absolute Gasteiger partial charge is 0.302 e. The summed E-state index contributed by atoms with van der Waals surface area (Å²) in [7, 11) is 0. The minimum Gasteiger partial charge on any atom is -0.492 e. The Balaban J connectivity index is 2.65. The van der Waals surface area contributed by atoms with Gasteiger partial charge in [-0.2, -0.15) is 0 Å². The minimum absolute atomic E-state index is 0.00249. The largest absolute Gasteiger partial charge is 0.492 e. The van der Waals surface area contributed by atoms with E-state index in [2.05, 4.69) is 31.5 Å². The summed E-state index contributed by atoms with van der Waals surface area (Å²) in [4.78, 5) is 57.4. The maximum atomic E-state index is 12.0. The van der Waals surface area contributed by atoms with Gasteiger partial charge in [0.25, 0.3) is 11.4 Å². The van der Waals surface area contributed by atoms with Crippen molar-refractivity contribution in [1.82, 2.24) is 0 Å². The standard InChI is InChI=1S/C24H27BrN6O10/c1-5-39-23-13-19(27-28-20-10-17(30(35)36)11-22(24(20)25)31(37)38)18(26-14(2)32)12-21(23)29(6-8-40-15(3)33)7-9-41-16(4)34/h10-13H,5-9H2,1-4H3,(H,26,32). The fraction of sp³-hybridized carbons (Fsp3) is 0.375. The zero-order valence-electron chi connectivity index (χ0n) is 22.5. The average molecular weight is 639 g/mol. The van der Waals surface area contributed by atoms with E-state index in [4.69, 9.17) is 14.2 Å². The highest BCUT2D eigenvalue weighted by Crippen LogP contribution is 2.42. The van der Waals surface area contributed by atoms with Gasteiger partial charge in [0.2, 0.25) is 5.91 Å².